The van der Waals surface area contributed by atoms with Crippen LogP contribution in [-0.4, -0.2) is 41.8 Å². The number of nitrogens with zero attached hydrogens (tertiary/aromatic N) is 2. The Balaban J connectivity index is 1.63. The molecule has 128 valence electrons. The summed E-state index contributed by atoms with van der Waals surface area (Å²) in [4.78, 5) is 40.1. The molecule has 0 radical (unpaired) electrons. The fraction of sp³-hybridized carbons (Fsp3) is 0.500. The van der Waals surface area contributed by atoms with E-state index in [4.69, 9.17) is 0 Å². The van der Waals surface area contributed by atoms with Gasteiger partial charge in [0.05, 0.1) is 11.4 Å². The lowest BCUT2D eigenvalue weighted by Gasteiger charge is -2.34. The smallest absolute Gasteiger partial charge is 0.244 e. The molecular formula is C18H23N3O3. The second-order valence-electron chi connectivity index (χ2n) is 6.48. The number of rotatable bonds is 3. The maximum atomic E-state index is 12.6. The minimum Gasteiger partial charge on any atom is -0.340 e. The van der Waals surface area contributed by atoms with Gasteiger partial charge in [-0.1, -0.05) is 12.1 Å². The molecule has 24 heavy (non-hydrogen) atoms. The number of carbonyl (C=O) groups excluding carboxylic acids is 3. The predicted molar refractivity (Wildman–Crippen MR) is 91.7 cm³/mol. The quantitative estimate of drug-likeness (QED) is 0.924. The predicted octanol–water partition coefficient (Wildman–Crippen LogP) is 2.15. The van der Waals surface area contributed by atoms with Gasteiger partial charge in [-0.15, -0.1) is 0 Å². The molecular weight excluding hydrogens is 306 g/mol. The zero-order valence-electron chi connectivity index (χ0n) is 14.0. The van der Waals surface area contributed by atoms with Gasteiger partial charge in [0.15, 0.2) is 0 Å². The molecule has 1 atom stereocenters. The fourth-order valence-corrected chi connectivity index (χ4v) is 3.42. The average molecular weight is 329 g/mol. The number of fused-ring (bicyclic) bond motifs is 1. The van der Waals surface area contributed by atoms with E-state index in [1.165, 1.54) is 4.90 Å². The van der Waals surface area contributed by atoms with Crippen LogP contribution in [0.5, 0.6) is 0 Å². The number of nitrogens with one attached hydrogen (secondary N) is 1. The minimum atomic E-state index is -0.210. The number of hydrogen-bond acceptors (Lipinski definition) is 3. The number of amides is 3. The molecule has 1 N–H and O–H groups in total. The molecule has 3 amide bonds. The zero-order chi connectivity index (χ0) is 17.1. The molecule has 0 spiro atoms. The van der Waals surface area contributed by atoms with Crippen LogP contribution in [0.4, 0.5) is 11.4 Å². The van der Waals surface area contributed by atoms with Gasteiger partial charge in [-0.3, -0.25) is 14.4 Å². The van der Waals surface area contributed by atoms with Gasteiger partial charge >= 0.3 is 0 Å². The van der Waals surface area contributed by atoms with Crippen LogP contribution in [0.3, 0.4) is 0 Å². The number of para-hydroxylation sites is 2. The highest BCUT2D eigenvalue weighted by molar-refractivity contribution is 6.10. The number of benzene rings is 1. The van der Waals surface area contributed by atoms with Gasteiger partial charge in [0.2, 0.25) is 17.7 Å². The molecule has 1 aromatic rings. The van der Waals surface area contributed by atoms with Crippen molar-refractivity contribution in [2.75, 3.05) is 23.3 Å². The summed E-state index contributed by atoms with van der Waals surface area (Å²) in [5.41, 5.74) is 1.33. The van der Waals surface area contributed by atoms with Crippen molar-refractivity contribution < 1.29 is 14.4 Å². The first-order chi connectivity index (χ1) is 11.6. The van der Waals surface area contributed by atoms with Crippen molar-refractivity contribution in [2.24, 2.45) is 0 Å². The molecule has 2 heterocycles. The van der Waals surface area contributed by atoms with Crippen LogP contribution >= 0.6 is 0 Å². The van der Waals surface area contributed by atoms with E-state index in [0.717, 1.165) is 25.8 Å². The normalized spacial score (nSPS) is 20.4. The molecule has 0 bridgehead atoms. The molecule has 1 unspecified atom stereocenters. The van der Waals surface area contributed by atoms with E-state index in [0.29, 0.717) is 11.4 Å². The molecule has 1 aromatic carbocycles. The molecule has 1 saturated heterocycles. The van der Waals surface area contributed by atoms with Crippen LogP contribution in [0.25, 0.3) is 0 Å². The molecule has 2 aliphatic heterocycles. The van der Waals surface area contributed by atoms with E-state index in [1.807, 2.05) is 17.0 Å². The molecule has 0 saturated carbocycles. The molecule has 3 rings (SSSR count). The van der Waals surface area contributed by atoms with Crippen molar-refractivity contribution in [1.82, 2.24) is 4.90 Å². The minimum absolute atomic E-state index is 0.00412. The highest BCUT2D eigenvalue weighted by Crippen LogP contribution is 2.29. The molecule has 2 aliphatic rings. The molecule has 6 nitrogen and oxygen atoms in total. The first-order valence-electron chi connectivity index (χ1n) is 8.55. The van der Waals surface area contributed by atoms with E-state index in [9.17, 15) is 14.4 Å². The first kappa shape index (κ1) is 16.5. The van der Waals surface area contributed by atoms with Crippen LogP contribution in [0.15, 0.2) is 24.3 Å². The molecule has 6 heteroatoms. The van der Waals surface area contributed by atoms with Crippen molar-refractivity contribution in [3.63, 3.8) is 0 Å². The standard InChI is InChI=1S/C18H23N3O3/c1-13-6-4-5-11-20(13)17(23)9-10-18(24)21-12-16(22)19-14-7-2-3-8-15(14)21/h2-3,7-8,13H,4-6,9-12H2,1H3,(H,19,22). The molecule has 0 aliphatic carbocycles. The van der Waals surface area contributed by atoms with E-state index >= 15 is 0 Å². The van der Waals surface area contributed by atoms with Crippen molar-refractivity contribution in [1.29, 1.82) is 0 Å². The van der Waals surface area contributed by atoms with Gasteiger partial charge in [0.1, 0.15) is 6.54 Å². The van der Waals surface area contributed by atoms with Crippen LogP contribution in [0, 0.1) is 0 Å². The summed E-state index contributed by atoms with van der Waals surface area (Å²) >= 11 is 0. The summed E-state index contributed by atoms with van der Waals surface area (Å²) in [6.45, 7) is 2.84. The van der Waals surface area contributed by atoms with E-state index in [-0.39, 0.29) is 43.1 Å². The molecule has 1 fully saturated rings. The van der Waals surface area contributed by atoms with Gasteiger partial charge in [-0.25, -0.2) is 0 Å². The van der Waals surface area contributed by atoms with Crippen LogP contribution in [0.1, 0.15) is 39.0 Å². The molecule has 0 aromatic heterocycles. The van der Waals surface area contributed by atoms with E-state index in [2.05, 4.69) is 12.2 Å². The van der Waals surface area contributed by atoms with E-state index < -0.39 is 0 Å². The van der Waals surface area contributed by atoms with Gasteiger partial charge in [-0.05, 0) is 38.3 Å². The average Bonchev–Trinajstić information content (AvgIpc) is 2.59. The van der Waals surface area contributed by atoms with E-state index in [1.54, 1.807) is 12.1 Å². The summed E-state index contributed by atoms with van der Waals surface area (Å²) < 4.78 is 0. The van der Waals surface area contributed by atoms with Crippen molar-refractivity contribution in [3.05, 3.63) is 24.3 Å². The Bertz CT molecular complexity index is 659. The maximum absolute atomic E-state index is 12.6. The number of hydrogen-bond donors (Lipinski definition) is 1. The lowest BCUT2D eigenvalue weighted by atomic mass is 10.0. The Morgan fingerprint density at radius 3 is 2.71 bits per heavy atom. The van der Waals surface area contributed by atoms with Crippen LogP contribution < -0.4 is 10.2 Å². The number of carbonyl (C=O) groups is 3. The third kappa shape index (κ3) is 3.42. The summed E-state index contributed by atoms with van der Waals surface area (Å²) in [5.74, 6) is -0.362. The summed E-state index contributed by atoms with van der Waals surface area (Å²) in [7, 11) is 0. The van der Waals surface area contributed by atoms with Gasteiger partial charge in [0.25, 0.3) is 0 Å². The van der Waals surface area contributed by atoms with Crippen LogP contribution in [-0.2, 0) is 14.4 Å². The van der Waals surface area contributed by atoms with Crippen molar-refractivity contribution in [2.45, 2.75) is 45.1 Å². The highest BCUT2D eigenvalue weighted by atomic mass is 16.2. The monoisotopic (exact) mass is 329 g/mol. The lowest BCUT2D eigenvalue weighted by molar-refractivity contribution is -0.136. The topological polar surface area (TPSA) is 69.7 Å². The largest absolute Gasteiger partial charge is 0.340 e. The second-order valence-corrected chi connectivity index (χ2v) is 6.48. The van der Waals surface area contributed by atoms with Crippen LogP contribution in [0.2, 0.25) is 0 Å². The Hall–Kier alpha value is -2.37. The third-order valence-electron chi connectivity index (χ3n) is 4.75. The second kappa shape index (κ2) is 7.03. The van der Waals surface area contributed by atoms with Gasteiger partial charge in [-0.2, -0.15) is 0 Å². The maximum Gasteiger partial charge on any atom is 0.244 e. The number of anilines is 2. The highest BCUT2D eigenvalue weighted by Gasteiger charge is 2.28. The SMILES string of the molecule is CC1CCCCN1C(=O)CCC(=O)N1CC(=O)Nc2ccccc21. The van der Waals surface area contributed by atoms with Crippen molar-refractivity contribution in [3.8, 4) is 0 Å². The first-order valence-corrected chi connectivity index (χ1v) is 8.55. The van der Waals surface area contributed by atoms with Crippen molar-refractivity contribution >= 4 is 29.1 Å². The lowest BCUT2D eigenvalue weighted by Crippen LogP contribution is -2.44. The Labute approximate surface area is 141 Å². The fourth-order valence-electron chi connectivity index (χ4n) is 3.42. The van der Waals surface area contributed by atoms with Gasteiger partial charge < -0.3 is 15.1 Å². The van der Waals surface area contributed by atoms with Gasteiger partial charge in [0, 0.05) is 25.4 Å². The summed E-state index contributed by atoms with van der Waals surface area (Å²) in [6, 6.07) is 7.47. The summed E-state index contributed by atoms with van der Waals surface area (Å²) in [6.07, 6.45) is 3.54. The number of likely N-dealkylation sites (tertiary alicyclic amines) is 1. The third-order valence-corrected chi connectivity index (χ3v) is 4.75. The Kier molecular flexibility index (Phi) is 4.83. The Morgan fingerprint density at radius 1 is 1.17 bits per heavy atom. The Morgan fingerprint density at radius 2 is 1.92 bits per heavy atom. The zero-order valence-corrected chi connectivity index (χ0v) is 14.0. The number of piperidine rings is 1. The summed E-state index contributed by atoms with van der Waals surface area (Å²) in [5, 5.41) is 2.76.